The SMILES string of the molecule is COCCc1nc2cnc3ccsc3c2n1CC1CCN(C(=O)OC(C)(C)C)CC1. The maximum atomic E-state index is 12.4. The number of hydrogen-bond donors (Lipinski definition) is 0. The van der Waals surface area contributed by atoms with E-state index in [-0.39, 0.29) is 6.09 Å². The Bertz CT molecular complexity index is 1030. The molecule has 1 saturated heterocycles. The van der Waals surface area contributed by atoms with Crippen LogP contribution in [0.2, 0.25) is 0 Å². The van der Waals surface area contributed by atoms with E-state index in [0.29, 0.717) is 12.5 Å². The third-order valence-corrected chi connectivity index (χ3v) is 6.41. The summed E-state index contributed by atoms with van der Waals surface area (Å²) >= 11 is 1.72. The number of methoxy groups -OCH3 is 1. The van der Waals surface area contributed by atoms with Crippen molar-refractivity contribution in [2.75, 3.05) is 26.8 Å². The molecular formula is C22H30N4O3S. The molecule has 3 aromatic rings. The number of aromatic nitrogens is 3. The maximum Gasteiger partial charge on any atom is 0.410 e. The lowest BCUT2D eigenvalue weighted by molar-refractivity contribution is 0.0178. The van der Waals surface area contributed by atoms with E-state index in [4.69, 9.17) is 14.5 Å². The lowest BCUT2D eigenvalue weighted by Crippen LogP contribution is -2.42. The Morgan fingerprint density at radius 3 is 2.73 bits per heavy atom. The number of fused-ring (bicyclic) bond motifs is 3. The molecule has 0 spiro atoms. The summed E-state index contributed by atoms with van der Waals surface area (Å²) in [5.74, 6) is 1.54. The molecule has 30 heavy (non-hydrogen) atoms. The Balaban J connectivity index is 1.53. The lowest BCUT2D eigenvalue weighted by Gasteiger charge is -2.33. The average molecular weight is 431 g/mol. The normalized spacial score (nSPS) is 15.9. The van der Waals surface area contributed by atoms with Crippen molar-refractivity contribution in [1.82, 2.24) is 19.4 Å². The fraction of sp³-hybridized carbons (Fsp3) is 0.591. The second-order valence-corrected chi connectivity index (χ2v) is 9.84. The molecule has 7 nitrogen and oxygen atoms in total. The van der Waals surface area contributed by atoms with Crippen LogP contribution in [0.3, 0.4) is 0 Å². The molecule has 4 heterocycles. The molecule has 1 amide bonds. The molecule has 1 fully saturated rings. The van der Waals surface area contributed by atoms with Crippen LogP contribution < -0.4 is 0 Å². The van der Waals surface area contributed by atoms with Gasteiger partial charge in [0.05, 0.1) is 28.5 Å². The van der Waals surface area contributed by atoms with Gasteiger partial charge in [-0.25, -0.2) is 9.78 Å². The molecule has 8 heteroatoms. The van der Waals surface area contributed by atoms with Crippen molar-refractivity contribution in [3.63, 3.8) is 0 Å². The van der Waals surface area contributed by atoms with E-state index in [1.165, 1.54) is 10.2 Å². The summed E-state index contributed by atoms with van der Waals surface area (Å²) in [6.45, 7) is 8.72. The fourth-order valence-electron chi connectivity index (χ4n) is 4.02. The molecule has 0 saturated carbocycles. The van der Waals surface area contributed by atoms with Crippen molar-refractivity contribution in [2.24, 2.45) is 5.92 Å². The van der Waals surface area contributed by atoms with Crippen LogP contribution in [0.25, 0.3) is 21.3 Å². The molecule has 0 atom stereocenters. The van der Waals surface area contributed by atoms with E-state index in [1.54, 1.807) is 18.4 Å². The van der Waals surface area contributed by atoms with E-state index in [9.17, 15) is 4.79 Å². The standard InChI is InChI=1S/C22H30N4O3S/c1-22(2,3)29-21(27)25-9-5-15(6-10-25)14-26-18(7-11-28-4)24-17-13-23-16-8-12-30-20(16)19(17)26/h8,12-13,15H,5-7,9-11,14H2,1-4H3. The number of carbonyl (C=O) groups is 1. The van der Waals surface area contributed by atoms with Crippen molar-refractivity contribution in [3.05, 3.63) is 23.5 Å². The van der Waals surface area contributed by atoms with Crippen LogP contribution in [0, 0.1) is 5.92 Å². The minimum absolute atomic E-state index is 0.207. The van der Waals surface area contributed by atoms with Gasteiger partial charge in [-0.15, -0.1) is 11.3 Å². The highest BCUT2D eigenvalue weighted by Gasteiger charge is 2.28. The van der Waals surface area contributed by atoms with Crippen molar-refractivity contribution in [3.8, 4) is 0 Å². The maximum absolute atomic E-state index is 12.4. The van der Waals surface area contributed by atoms with Gasteiger partial charge in [0.1, 0.15) is 16.9 Å². The second-order valence-electron chi connectivity index (χ2n) is 8.92. The number of ether oxygens (including phenoxy) is 2. The Labute approximate surface area is 181 Å². The zero-order chi connectivity index (χ0) is 21.3. The van der Waals surface area contributed by atoms with Crippen LogP contribution in [0.5, 0.6) is 0 Å². The predicted octanol–water partition coefficient (Wildman–Crippen LogP) is 4.48. The summed E-state index contributed by atoms with van der Waals surface area (Å²) in [5, 5.41) is 2.09. The largest absolute Gasteiger partial charge is 0.444 e. The van der Waals surface area contributed by atoms with Crippen LogP contribution in [0.4, 0.5) is 4.79 Å². The van der Waals surface area contributed by atoms with Gasteiger partial charge >= 0.3 is 6.09 Å². The Morgan fingerprint density at radius 2 is 2.03 bits per heavy atom. The van der Waals surface area contributed by atoms with E-state index in [0.717, 1.165) is 55.8 Å². The van der Waals surface area contributed by atoms with Crippen LogP contribution in [-0.4, -0.2) is 57.9 Å². The number of amides is 1. The van der Waals surface area contributed by atoms with Gasteiger partial charge in [-0.2, -0.15) is 0 Å². The Hall–Kier alpha value is -2.19. The van der Waals surface area contributed by atoms with Crippen LogP contribution >= 0.6 is 11.3 Å². The van der Waals surface area contributed by atoms with Gasteiger partial charge in [-0.3, -0.25) is 4.98 Å². The summed E-state index contributed by atoms with van der Waals surface area (Å²) in [5.41, 5.74) is 2.68. The number of piperidine rings is 1. The van der Waals surface area contributed by atoms with Crippen molar-refractivity contribution >= 4 is 38.7 Å². The van der Waals surface area contributed by atoms with Crippen LogP contribution in [0.15, 0.2) is 17.6 Å². The summed E-state index contributed by atoms with van der Waals surface area (Å²) in [4.78, 5) is 23.6. The van der Waals surface area contributed by atoms with Gasteiger partial charge in [0.2, 0.25) is 0 Å². The molecule has 1 aliphatic heterocycles. The quantitative estimate of drug-likeness (QED) is 0.597. The lowest BCUT2D eigenvalue weighted by atomic mass is 9.97. The number of rotatable bonds is 5. The molecule has 1 aliphatic rings. The van der Waals surface area contributed by atoms with Crippen molar-refractivity contribution < 1.29 is 14.3 Å². The van der Waals surface area contributed by atoms with Crippen LogP contribution in [0.1, 0.15) is 39.4 Å². The number of nitrogens with zero attached hydrogens (tertiary/aromatic N) is 4. The monoisotopic (exact) mass is 430 g/mol. The first kappa shape index (κ1) is 21.1. The minimum atomic E-state index is -0.458. The van der Waals surface area contributed by atoms with E-state index in [2.05, 4.69) is 21.0 Å². The van der Waals surface area contributed by atoms with Gasteiger partial charge in [0, 0.05) is 33.2 Å². The molecule has 0 radical (unpaired) electrons. The third-order valence-electron chi connectivity index (χ3n) is 5.50. The van der Waals surface area contributed by atoms with Gasteiger partial charge in [0.15, 0.2) is 0 Å². The van der Waals surface area contributed by atoms with Crippen LogP contribution in [-0.2, 0) is 22.4 Å². The summed E-state index contributed by atoms with van der Waals surface area (Å²) < 4.78 is 14.4. The molecule has 0 N–H and O–H groups in total. The fourth-order valence-corrected chi connectivity index (χ4v) is 4.93. The smallest absolute Gasteiger partial charge is 0.410 e. The first-order chi connectivity index (χ1) is 14.4. The molecule has 0 aromatic carbocycles. The summed E-state index contributed by atoms with van der Waals surface area (Å²) in [6, 6.07) is 2.06. The average Bonchev–Trinajstić information content (AvgIpc) is 3.30. The number of hydrogen-bond acceptors (Lipinski definition) is 6. The molecule has 3 aromatic heterocycles. The Morgan fingerprint density at radius 1 is 1.27 bits per heavy atom. The van der Waals surface area contributed by atoms with Crippen molar-refractivity contribution in [1.29, 1.82) is 0 Å². The minimum Gasteiger partial charge on any atom is -0.444 e. The van der Waals surface area contributed by atoms with E-state index < -0.39 is 5.60 Å². The number of imidazole rings is 1. The van der Waals surface area contributed by atoms with Gasteiger partial charge in [-0.1, -0.05) is 0 Å². The molecular weight excluding hydrogens is 400 g/mol. The summed E-state index contributed by atoms with van der Waals surface area (Å²) in [7, 11) is 1.72. The van der Waals surface area contributed by atoms with Crippen molar-refractivity contribution in [2.45, 2.75) is 52.2 Å². The van der Waals surface area contributed by atoms with E-state index in [1.807, 2.05) is 31.9 Å². The molecule has 0 bridgehead atoms. The van der Waals surface area contributed by atoms with Gasteiger partial charge < -0.3 is 18.9 Å². The highest BCUT2D eigenvalue weighted by molar-refractivity contribution is 7.18. The second kappa shape index (κ2) is 8.51. The summed E-state index contributed by atoms with van der Waals surface area (Å²) in [6.07, 6.45) is 4.36. The molecule has 4 rings (SSSR count). The number of likely N-dealkylation sites (tertiary alicyclic amines) is 1. The highest BCUT2D eigenvalue weighted by Crippen LogP contribution is 2.31. The van der Waals surface area contributed by atoms with E-state index >= 15 is 0 Å². The first-order valence-corrected chi connectivity index (χ1v) is 11.4. The van der Waals surface area contributed by atoms with Gasteiger partial charge in [-0.05, 0) is 51.0 Å². The first-order valence-electron chi connectivity index (χ1n) is 10.5. The molecule has 0 unspecified atom stereocenters. The topological polar surface area (TPSA) is 69.5 Å². The zero-order valence-electron chi connectivity index (χ0n) is 18.2. The number of carbonyl (C=O) groups excluding carboxylic acids is 1. The van der Waals surface area contributed by atoms with Gasteiger partial charge in [0.25, 0.3) is 0 Å². The predicted molar refractivity (Wildman–Crippen MR) is 119 cm³/mol. The molecule has 162 valence electrons. The third kappa shape index (κ3) is 4.44. The Kier molecular flexibility index (Phi) is 5.97. The number of thiophene rings is 1. The highest BCUT2D eigenvalue weighted by atomic mass is 32.1. The molecule has 0 aliphatic carbocycles. The number of pyridine rings is 1. The zero-order valence-corrected chi connectivity index (χ0v) is 19.0.